The summed E-state index contributed by atoms with van der Waals surface area (Å²) in [5.41, 5.74) is 0.0483. The van der Waals surface area contributed by atoms with Gasteiger partial charge in [0.15, 0.2) is 0 Å². The van der Waals surface area contributed by atoms with Crippen molar-refractivity contribution in [2.45, 2.75) is 24.3 Å². The smallest absolute Gasteiger partial charge is 0.325 e. The number of imide groups is 1. The van der Waals surface area contributed by atoms with Gasteiger partial charge in [-0.15, -0.1) is 0 Å². The summed E-state index contributed by atoms with van der Waals surface area (Å²) < 4.78 is 31.0. The number of urea groups is 1. The molecule has 1 aliphatic rings. The van der Waals surface area contributed by atoms with Gasteiger partial charge in [0.25, 0.3) is 5.91 Å². The molecule has 0 spiro atoms. The Morgan fingerprint density at radius 1 is 1.18 bits per heavy atom. The average Bonchev–Trinajstić information content (AvgIpc) is 2.99. The number of hydrogen-bond acceptors (Lipinski definition) is 6. The number of carbonyl (C=O) groups excluding carboxylic acids is 3. The van der Waals surface area contributed by atoms with Gasteiger partial charge in [0.05, 0.1) is 12.0 Å². The van der Waals surface area contributed by atoms with Crippen molar-refractivity contribution in [3.63, 3.8) is 0 Å². The molecule has 0 aliphatic carbocycles. The molecule has 0 aromatic heterocycles. The second-order valence-electron chi connectivity index (χ2n) is 7.99. The Bertz CT molecular complexity index is 1230. The number of nitrogens with zero attached hydrogens (tertiary/aromatic N) is 2. The van der Waals surface area contributed by atoms with Crippen molar-refractivity contribution in [2.75, 3.05) is 33.1 Å². The van der Waals surface area contributed by atoms with Crippen LogP contribution in [0.25, 0.3) is 0 Å². The normalized spacial score (nSPS) is 18.4. The van der Waals surface area contributed by atoms with Crippen molar-refractivity contribution in [1.29, 1.82) is 0 Å². The van der Waals surface area contributed by atoms with Gasteiger partial charge in [0.2, 0.25) is 15.9 Å². The molecule has 3 rings (SSSR count). The van der Waals surface area contributed by atoms with Crippen LogP contribution in [0.3, 0.4) is 0 Å². The molecule has 1 heterocycles. The SMILES string of the molecule is COc1cccc([C@@]2(C)NC(=O)N(CC(=O)Nc3cc(S(=O)(=O)N(C)C)ccc3C)C2=O)c1. The van der Waals surface area contributed by atoms with E-state index in [0.29, 0.717) is 16.9 Å². The van der Waals surface area contributed by atoms with Crippen molar-refractivity contribution in [3.8, 4) is 5.75 Å². The number of amides is 4. The van der Waals surface area contributed by atoms with Crippen molar-refractivity contribution < 1.29 is 27.5 Å². The van der Waals surface area contributed by atoms with Crippen LogP contribution in [0.4, 0.5) is 10.5 Å². The minimum Gasteiger partial charge on any atom is -0.497 e. The molecular formula is C22H26N4O6S. The third-order valence-electron chi connectivity index (χ3n) is 5.49. The maximum absolute atomic E-state index is 13.1. The van der Waals surface area contributed by atoms with Crippen LogP contribution < -0.4 is 15.4 Å². The Labute approximate surface area is 192 Å². The number of hydrogen-bond donors (Lipinski definition) is 2. The zero-order chi connectivity index (χ0) is 24.6. The lowest BCUT2D eigenvalue weighted by molar-refractivity contribution is -0.133. The Morgan fingerprint density at radius 3 is 2.52 bits per heavy atom. The topological polar surface area (TPSA) is 125 Å². The Hall–Kier alpha value is -3.44. The molecule has 2 N–H and O–H groups in total. The maximum Gasteiger partial charge on any atom is 0.325 e. The molecule has 4 amide bonds. The van der Waals surface area contributed by atoms with Crippen LogP contribution >= 0.6 is 0 Å². The monoisotopic (exact) mass is 474 g/mol. The second-order valence-corrected chi connectivity index (χ2v) is 10.1. The number of carbonyl (C=O) groups is 3. The van der Waals surface area contributed by atoms with E-state index in [9.17, 15) is 22.8 Å². The van der Waals surface area contributed by atoms with E-state index in [-0.39, 0.29) is 10.6 Å². The van der Waals surface area contributed by atoms with E-state index in [1.807, 2.05) is 0 Å². The summed E-state index contributed by atoms with van der Waals surface area (Å²) in [5, 5.41) is 5.24. The first-order chi connectivity index (χ1) is 15.4. The van der Waals surface area contributed by atoms with Crippen LogP contribution in [0.5, 0.6) is 5.75 Å². The van der Waals surface area contributed by atoms with E-state index in [2.05, 4.69) is 10.6 Å². The molecule has 1 saturated heterocycles. The van der Waals surface area contributed by atoms with E-state index >= 15 is 0 Å². The Balaban J connectivity index is 1.80. The lowest BCUT2D eigenvalue weighted by atomic mass is 9.92. The second kappa shape index (κ2) is 8.83. The van der Waals surface area contributed by atoms with Crippen molar-refractivity contribution in [2.24, 2.45) is 0 Å². The fourth-order valence-corrected chi connectivity index (χ4v) is 4.34. The highest BCUT2D eigenvalue weighted by molar-refractivity contribution is 7.89. The van der Waals surface area contributed by atoms with Crippen LogP contribution in [0, 0.1) is 6.92 Å². The fourth-order valence-electron chi connectivity index (χ4n) is 3.41. The molecule has 1 fully saturated rings. The standard InChI is InChI=1S/C22H26N4O6S/c1-14-9-10-17(33(30,31)25(3)4)12-18(14)23-19(27)13-26-20(28)22(2,24-21(26)29)15-7-6-8-16(11-15)32-5/h6-12H,13H2,1-5H3,(H,23,27)(H,24,29)/t22-/m1/s1. The number of benzene rings is 2. The van der Waals surface area contributed by atoms with Gasteiger partial charge in [-0.3, -0.25) is 14.5 Å². The summed E-state index contributed by atoms with van der Waals surface area (Å²) in [4.78, 5) is 39.2. The molecule has 33 heavy (non-hydrogen) atoms. The minimum absolute atomic E-state index is 0.00833. The van der Waals surface area contributed by atoms with Crippen LogP contribution in [-0.2, 0) is 25.2 Å². The third kappa shape index (κ3) is 4.55. The number of ether oxygens (including phenoxy) is 1. The number of sulfonamides is 1. The highest BCUT2D eigenvalue weighted by Gasteiger charge is 2.49. The molecule has 0 saturated carbocycles. The molecular weight excluding hydrogens is 448 g/mol. The summed E-state index contributed by atoms with van der Waals surface area (Å²) in [6, 6.07) is 10.4. The van der Waals surface area contributed by atoms with E-state index in [1.54, 1.807) is 44.2 Å². The summed E-state index contributed by atoms with van der Waals surface area (Å²) >= 11 is 0. The summed E-state index contributed by atoms with van der Waals surface area (Å²) in [6.45, 7) is 2.73. The predicted molar refractivity (Wildman–Crippen MR) is 121 cm³/mol. The first-order valence-electron chi connectivity index (χ1n) is 10.0. The van der Waals surface area contributed by atoms with Crippen LogP contribution in [-0.4, -0.2) is 63.2 Å². The van der Waals surface area contributed by atoms with Crippen molar-refractivity contribution >= 4 is 33.6 Å². The quantitative estimate of drug-likeness (QED) is 0.588. The highest BCUT2D eigenvalue weighted by atomic mass is 32.2. The molecule has 11 heteroatoms. The summed E-state index contributed by atoms with van der Waals surface area (Å²) in [6.07, 6.45) is 0. The third-order valence-corrected chi connectivity index (χ3v) is 7.30. The van der Waals surface area contributed by atoms with Crippen LogP contribution in [0.2, 0.25) is 0 Å². The molecule has 0 radical (unpaired) electrons. The van der Waals surface area contributed by atoms with E-state index in [0.717, 1.165) is 9.21 Å². The highest BCUT2D eigenvalue weighted by Crippen LogP contribution is 2.31. The lowest BCUT2D eigenvalue weighted by Crippen LogP contribution is -2.42. The molecule has 1 atom stereocenters. The molecule has 2 aromatic rings. The zero-order valence-corrected chi connectivity index (χ0v) is 19.8. The largest absolute Gasteiger partial charge is 0.497 e. The zero-order valence-electron chi connectivity index (χ0n) is 19.0. The van der Waals surface area contributed by atoms with Crippen molar-refractivity contribution in [1.82, 2.24) is 14.5 Å². The molecule has 1 aliphatic heterocycles. The summed E-state index contributed by atoms with van der Waals surface area (Å²) in [5.74, 6) is -0.706. The number of anilines is 1. The first-order valence-corrected chi connectivity index (χ1v) is 11.5. The molecule has 0 bridgehead atoms. The van der Waals surface area contributed by atoms with Gasteiger partial charge < -0.3 is 15.4 Å². The summed E-state index contributed by atoms with van der Waals surface area (Å²) in [7, 11) is 0.608. The van der Waals surface area contributed by atoms with Crippen LogP contribution in [0.1, 0.15) is 18.1 Å². The number of rotatable bonds is 7. The predicted octanol–water partition coefficient (Wildman–Crippen LogP) is 1.66. The Morgan fingerprint density at radius 2 is 1.88 bits per heavy atom. The van der Waals surface area contributed by atoms with Gasteiger partial charge in [-0.2, -0.15) is 0 Å². The molecule has 0 unspecified atom stereocenters. The maximum atomic E-state index is 13.1. The van der Waals surface area contributed by atoms with Gasteiger partial charge >= 0.3 is 6.03 Å². The molecule has 10 nitrogen and oxygen atoms in total. The van der Waals surface area contributed by atoms with Crippen molar-refractivity contribution in [3.05, 3.63) is 53.6 Å². The van der Waals surface area contributed by atoms with Crippen LogP contribution in [0.15, 0.2) is 47.4 Å². The van der Waals surface area contributed by atoms with E-state index < -0.39 is 40.0 Å². The average molecular weight is 475 g/mol. The Kier molecular flexibility index (Phi) is 6.48. The van der Waals surface area contributed by atoms with E-state index in [4.69, 9.17) is 4.74 Å². The molecule has 176 valence electrons. The first kappa shape index (κ1) is 24.2. The van der Waals surface area contributed by atoms with Gasteiger partial charge in [-0.1, -0.05) is 18.2 Å². The van der Waals surface area contributed by atoms with Gasteiger partial charge in [0, 0.05) is 19.8 Å². The minimum atomic E-state index is -3.70. The lowest BCUT2D eigenvalue weighted by Gasteiger charge is -2.22. The fraction of sp³-hybridized carbons (Fsp3) is 0.318. The number of nitrogens with one attached hydrogen (secondary N) is 2. The van der Waals surface area contributed by atoms with Gasteiger partial charge in [-0.25, -0.2) is 17.5 Å². The van der Waals surface area contributed by atoms with Gasteiger partial charge in [-0.05, 0) is 49.2 Å². The van der Waals surface area contributed by atoms with Gasteiger partial charge in [0.1, 0.15) is 17.8 Å². The van der Waals surface area contributed by atoms with E-state index in [1.165, 1.54) is 33.3 Å². The molecule has 2 aromatic carbocycles. The number of methoxy groups -OCH3 is 1. The number of aryl methyl sites for hydroxylation is 1.